The number of carbonyl (C=O) groups is 2. The number of aliphatic hydroxyl groups is 1. The topological polar surface area (TPSA) is 86.6 Å². The maximum Gasteiger partial charge on any atom is 0.334 e. The van der Waals surface area contributed by atoms with Crippen LogP contribution in [0.1, 0.15) is 9.67 Å². The van der Waals surface area contributed by atoms with Crippen LogP contribution in [-0.2, 0) is 4.79 Å². The Bertz CT molecular complexity index is 640. The highest BCUT2D eigenvalue weighted by Gasteiger charge is 2.16. The van der Waals surface area contributed by atoms with E-state index in [4.69, 9.17) is 10.2 Å². The number of nitrogens with one attached hydrogen (secondary N) is 1. The lowest BCUT2D eigenvalue weighted by Crippen LogP contribution is -2.36. The third-order valence-electron chi connectivity index (χ3n) is 2.44. The summed E-state index contributed by atoms with van der Waals surface area (Å²) >= 11 is 1.17. The maximum absolute atomic E-state index is 13.0. The number of hydrogen-bond acceptors (Lipinski definition) is 4. The fourth-order valence-electron chi connectivity index (χ4n) is 1.49. The van der Waals surface area contributed by atoms with Crippen LogP contribution in [0.5, 0.6) is 0 Å². The van der Waals surface area contributed by atoms with Gasteiger partial charge in [-0.3, -0.25) is 4.79 Å². The first-order valence-corrected chi connectivity index (χ1v) is 6.17. The summed E-state index contributed by atoms with van der Waals surface area (Å²) in [5, 5.41) is 20.4. The lowest BCUT2D eigenvalue weighted by atomic mass is 10.2. The van der Waals surface area contributed by atoms with Crippen molar-refractivity contribution in [2.45, 2.75) is 6.10 Å². The van der Waals surface area contributed by atoms with Crippen LogP contribution in [0.3, 0.4) is 0 Å². The van der Waals surface area contributed by atoms with Crippen molar-refractivity contribution in [2.75, 3.05) is 6.54 Å². The highest BCUT2D eigenvalue weighted by Crippen LogP contribution is 2.26. The number of fused-ring (bicyclic) bond motifs is 1. The minimum absolute atomic E-state index is 0.332. The summed E-state index contributed by atoms with van der Waals surface area (Å²) in [6.07, 6.45) is -1.64. The van der Waals surface area contributed by atoms with Gasteiger partial charge >= 0.3 is 5.97 Å². The zero-order valence-corrected chi connectivity index (χ0v) is 10.4. The van der Waals surface area contributed by atoms with Gasteiger partial charge in [-0.25, -0.2) is 9.18 Å². The first-order chi connectivity index (χ1) is 8.97. The Kier molecular flexibility index (Phi) is 3.77. The Morgan fingerprint density at radius 1 is 1.37 bits per heavy atom. The highest BCUT2D eigenvalue weighted by molar-refractivity contribution is 7.20. The van der Waals surface area contributed by atoms with Gasteiger partial charge in [-0.2, -0.15) is 0 Å². The van der Waals surface area contributed by atoms with E-state index < -0.39 is 23.8 Å². The summed E-state index contributed by atoms with van der Waals surface area (Å²) in [5.74, 6) is -2.29. The standard InChI is InChI=1S/C12H10FNO4S/c13-7-1-2-9-6(3-7)4-10(19-9)11(16)14-5-8(15)12(17)18/h1-4,8,15H,5H2,(H,14,16)(H,17,18)/t8-/m0/s1. The smallest absolute Gasteiger partial charge is 0.334 e. The molecule has 1 heterocycles. The number of halogens is 1. The fourth-order valence-corrected chi connectivity index (χ4v) is 2.45. The molecule has 0 aliphatic heterocycles. The second-order valence-corrected chi connectivity index (χ2v) is 4.94. The molecule has 0 bridgehead atoms. The minimum atomic E-state index is -1.64. The van der Waals surface area contributed by atoms with Crippen LogP contribution in [0.2, 0.25) is 0 Å². The van der Waals surface area contributed by atoms with Crippen LogP contribution < -0.4 is 5.32 Å². The lowest BCUT2D eigenvalue weighted by molar-refractivity contribution is -0.146. The number of rotatable bonds is 4. The summed E-state index contributed by atoms with van der Waals surface area (Å²) < 4.78 is 13.8. The Morgan fingerprint density at radius 3 is 2.79 bits per heavy atom. The molecule has 0 spiro atoms. The Morgan fingerprint density at radius 2 is 2.11 bits per heavy atom. The van der Waals surface area contributed by atoms with E-state index in [1.807, 2.05) is 0 Å². The molecular formula is C12H10FNO4S. The summed E-state index contributed by atoms with van der Waals surface area (Å²) in [6, 6.07) is 5.70. The van der Waals surface area contributed by atoms with E-state index in [1.165, 1.54) is 29.5 Å². The molecule has 19 heavy (non-hydrogen) atoms. The molecule has 1 aromatic carbocycles. The highest BCUT2D eigenvalue weighted by atomic mass is 32.1. The van der Waals surface area contributed by atoms with Crippen molar-refractivity contribution in [1.82, 2.24) is 5.32 Å². The van der Waals surface area contributed by atoms with Crippen LogP contribution in [0.25, 0.3) is 10.1 Å². The first kappa shape index (κ1) is 13.4. The Hall–Kier alpha value is -1.99. The molecule has 2 aromatic rings. The van der Waals surface area contributed by atoms with E-state index in [0.717, 1.165) is 4.70 Å². The molecule has 0 fully saturated rings. The molecule has 0 radical (unpaired) electrons. The number of hydrogen-bond donors (Lipinski definition) is 3. The molecule has 1 aromatic heterocycles. The summed E-state index contributed by atoms with van der Waals surface area (Å²) in [4.78, 5) is 22.4. The van der Waals surface area contributed by atoms with Gasteiger partial charge in [0.2, 0.25) is 0 Å². The largest absolute Gasteiger partial charge is 0.479 e. The van der Waals surface area contributed by atoms with Crippen molar-refractivity contribution in [2.24, 2.45) is 0 Å². The number of carboxylic acids is 1. The third kappa shape index (κ3) is 3.07. The first-order valence-electron chi connectivity index (χ1n) is 5.35. The molecule has 0 saturated carbocycles. The number of thiophene rings is 1. The van der Waals surface area contributed by atoms with Crippen LogP contribution in [0.15, 0.2) is 24.3 Å². The van der Waals surface area contributed by atoms with Gasteiger partial charge in [-0.05, 0) is 29.7 Å². The van der Waals surface area contributed by atoms with Gasteiger partial charge in [0, 0.05) is 4.70 Å². The minimum Gasteiger partial charge on any atom is -0.479 e. The second-order valence-electron chi connectivity index (χ2n) is 3.86. The number of aliphatic hydroxyl groups excluding tert-OH is 1. The zero-order chi connectivity index (χ0) is 14.0. The van der Waals surface area contributed by atoms with Crippen molar-refractivity contribution in [3.8, 4) is 0 Å². The van der Waals surface area contributed by atoms with Crippen molar-refractivity contribution in [1.29, 1.82) is 0 Å². The van der Waals surface area contributed by atoms with Crippen LogP contribution in [-0.4, -0.2) is 34.7 Å². The predicted molar refractivity (Wildman–Crippen MR) is 67.8 cm³/mol. The van der Waals surface area contributed by atoms with Gasteiger partial charge in [0.05, 0.1) is 11.4 Å². The van der Waals surface area contributed by atoms with Crippen LogP contribution in [0, 0.1) is 5.82 Å². The molecule has 5 nitrogen and oxygen atoms in total. The van der Waals surface area contributed by atoms with Crippen molar-refractivity contribution >= 4 is 33.3 Å². The van der Waals surface area contributed by atoms with E-state index >= 15 is 0 Å². The molecule has 2 rings (SSSR count). The average Bonchev–Trinajstić information content (AvgIpc) is 2.78. The number of amides is 1. The monoisotopic (exact) mass is 283 g/mol. The zero-order valence-electron chi connectivity index (χ0n) is 9.59. The molecule has 0 aliphatic carbocycles. The maximum atomic E-state index is 13.0. The molecule has 0 unspecified atom stereocenters. The molecule has 100 valence electrons. The van der Waals surface area contributed by atoms with E-state index in [9.17, 15) is 14.0 Å². The molecular weight excluding hydrogens is 273 g/mol. The Labute approximate surface area is 111 Å². The SMILES string of the molecule is O=C(NC[C@H](O)C(=O)O)c1cc2cc(F)ccc2s1. The molecule has 1 atom stereocenters. The van der Waals surface area contributed by atoms with Crippen molar-refractivity contribution in [3.63, 3.8) is 0 Å². The van der Waals surface area contributed by atoms with Gasteiger partial charge in [-0.1, -0.05) is 0 Å². The van der Waals surface area contributed by atoms with Crippen molar-refractivity contribution < 1.29 is 24.2 Å². The molecule has 1 amide bonds. The van der Waals surface area contributed by atoms with E-state index in [2.05, 4.69) is 5.32 Å². The number of carboxylic acid groups (broad SMARTS) is 1. The third-order valence-corrected chi connectivity index (χ3v) is 3.56. The van der Waals surface area contributed by atoms with Gasteiger partial charge in [0.25, 0.3) is 5.91 Å². The van der Waals surface area contributed by atoms with E-state index in [0.29, 0.717) is 10.3 Å². The van der Waals surface area contributed by atoms with E-state index in [1.54, 1.807) is 6.07 Å². The number of aliphatic carboxylic acids is 1. The summed E-state index contributed by atoms with van der Waals surface area (Å²) in [7, 11) is 0. The van der Waals surface area contributed by atoms with Gasteiger partial charge in [0.1, 0.15) is 5.82 Å². The van der Waals surface area contributed by atoms with E-state index in [-0.39, 0.29) is 6.54 Å². The molecule has 0 aliphatic rings. The second kappa shape index (κ2) is 5.33. The van der Waals surface area contributed by atoms with Crippen LogP contribution in [0.4, 0.5) is 4.39 Å². The normalized spacial score (nSPS) is 12.3. The van der Waals surface area contributed by atoms with Gasteiger partial charge in [-0.15, -0.1) is 11.3 Å². The predicted octanol–water partition coefficient (Wildman–Crippen LogP) is 1.22. The Balaban J connectivity index is 2.11. The van der Waals surface area contributed by atoms with Crippen molar-refractivity contribution in [3.05, 3.63) is 35.0 Å². The molecule has 3 N–H and O–H groups in total. The lowest BCUT2D eigenvalue weighted by Gasteiger charge is -2.06. The average molecular weight is 283 g/mol. The van der Waals surface area contributed by atoms with Gasteiger partial charge in [0.15, 0.2) is 6.10 Å². The van der Waals surface area contributed by atoms with Gasteiger partial charge < -0.3 is 15.5 Å². The number of benzene rings is 1. The summed E-state index contributed by atoms with van der Waals surface area (Å²) in [5.41, 5.74) is 0. The molecule has 7 heteroatoms. The molecule has 0 saturated heterocycles. The van der Waals surface area contributed by atoms with Crippen LogP contribution >= 0.6 is 11.3 Å². The number of carbonyl (C=O) groups excluding carboxylic acids is 1. The quantitative estimate of drug-likeness (QED) is 0.787. The fraction of sp³-hybridized carbons (Fsp3) is 0.167. The summed E-state index contributed by atoms with van der Waals surface area (Å²) in [6.45, 7) is -0.378.